The number of rotatable bonds is 4. The summed E-state index contributed by atoms with van der Waals surface area (Å²) in [5, 5.41) is 8.26. The van der Waals surface area contributed by atoms with Gasteiger partial charge in [-0.2, -0.15) is 0 Å². The molecule has 0 saturated carbocycles. The van der Waals surface area contributed by atoms with Gasteiger partial charge in [0.25, 0.3) is 0 Å². The van der Waals surface area contributed by atoms with Gasteiger partial charge in [0.2, 0.25) is 0 Å². The highest BCUT2D eigenvalue weighted by molar-refractivity contribution is 5.01. The van der Waals surface area contributed by atoms with Crippen LogP contribution in [0, 0.1) is 0 Å². The van der Waals surface area contributed by atoms with E-state index in [1.165, 1.54) is 0 Å². The number of fused-ring (bicyclic) bond motifs is 3. The molecule has 6 heteroatoms. The van der Waals surface area contributed by atoms with Crippen molar-refractivity contribution in [1.29, 1.82) is 0 Å². The fraction of sp³-hybridized carbons (Fsp3) is 0.600. The second-order valence-electron chi connectivity index (χ2n) is 5.86. The molecule has 2 aliphatic rings. The Kier molecular flexibility index (Phi) is 3.48. The maximum atomic E-state index is 5.94. The lowest BCUT2D eigenvalue weighted by Gasteiger charge is -2.41. The molecule has 0 N–H and O–H groups in total. The number of piperidine rings is 1. The van der Waals surface area contributed by atoms with Crippen LogP contribution in [0.25, 0.3) is 0 Å². The van der Waals surface area contributed by atoms with Gasteiger partial charge < -0.3 is 14.1 Å². The zero-order chi connectivity index (χ0) is 14.1. The molecule has 0 spiro atoms. The van der Waals surface area contributed by atoms with Crippen LogP contribution >= 0.6 is 0 Å². The van der Waals surface area contributed by atoms with E-state index in [1.807, 2.05) is 18.3 Å². The van der Waals surface area contributed by atoms with E-state index in [9.17, 15) is 0 Å². The predicted octanol–water partition coefficient (Wildman–Crippen LogP) is 1.65. The summed E-state index contributed by atoms with van der Waals surface area (Å²) in [4.78, 5) is 2.50. The number of aryl methyl sites for hydroxylation is 1. The minimum Gasteiger partial charge on any atom is -0.469 e. The van der Waals surface area contributed by atoms with Gasteiger partial charge >= 0.3 is 0 Å². The van der Waals surface area contributed by atoms with Gasteiger partial charge in [0.05, 0.1) is 36.9 Å². The molecule has 0 radical (unpaired) electrons. The molecule has 4 rings (SSSR count). The highest BCUT2D eigenvalue weighted by Gasteiger charge is 2.36. The van der Waals surface area contributed by atoms with Gasteiger partial charge in [0.15, 0.2) is 0 Å². The van der Waals surface area contributed by atoms with Crippen LogP contribution in [0.5, 0.6) is 0 Å². The van der Waals surface area contributed by atoms with E-state index in [1.54, 1.807) is 6.26 Å². The van der Waals surface area contributed by atoms with Crippen molar-refractivity contribution >= 4 is 0 Å². The summed E-state index contributed by atoms with van der Waals surface area (Å²) >= 11 is 0. The first-order valence-corrected chi connectivity index (χ1v) is 7.65. The van der Waals surface area contributed by atoms with Crippen molar-refractivity contribution in [2.75, 3.05) is 19.6 Å². The normalized spacial score (nSPS) is 25.5. The zero-order valence-corrected chi connectivity index (χ0v) is 12.0. The third-order valence-electron chi connectivity index (χ3n) is 4.49. The zero-order valence-electron chi connectivity index (χ0n) is 12.0. The molecule has 0 unspecified atom stereocenters. The van der Waals surface area contributed by atoms with E-state index >= 15 is 0 Å². The molecule has 0 bridgehead atoms. The second kappa shape index (κ2) is 5.61. The summed E-state index contributed by atoms with van der Waals surface area (Å²) in [7, 11) is 0. The maximum absolute atomic E-state index is 5.94. The molecule has 0 aliphatic carbocycles. The number of furan rings is 1. The van der Waals surface area contributed by atoms with E-state index in [4.69, 9.17) is 9.15 Å². The number of ether oxygens (including phenoxy) is 1. The lowest BCUT2D eigenvalue weighted by molar-refractivity contribution is -0.0656. The number of hydrogen-bond acceptors (Lipinski definition) is 5. The van der Waals surface area contributed by atoms with Gasteiger partial charge in [0, 0.05) is 19.5 Å². The highest BCUT2D eigenvalue weighted by atomic mass is 16.5. The van der Waals surface area contributed by atoms with Gasteiger partial charge in [0.1, 0.15) is 5.76 Å². The lowest BCUT2D eigenvalue weighted by atomic mass is 10.00. The standard InChI is InChI=1S/C15H20N4O2/c1(3-13-4-2-8-20-13)6-18-7-5-15-14(10-18)19-12(11-21-15)9-16-17-19/h2,4,8-9,14-15H,1,3,5-7,10-11H2/t14-,15-/m1/s1. The Hall–Kier alpha value is -1.66. The molecule has 2 atom stereocenters. The Labute approximate surface area is 123 Å². The Morgan fingerprint density at radius 1 is 1.38 bits per heavy atom. The average Bonchev–Trinajstić information content (AvgIpc) is 3.18. The highest BCUT2D eigenvalue weighted by Crippen LogP contribution is 2.29. The van der Waals surface area contributed by atoms with Crippen LogP contribution in [-0.2, 0) is 17.8 Å². The van der Waals surface area contributed by atoms with Crippen molar-refractivity contribution < 1.29 is 9.15 Å². The fourth-order valence-electron chi connectivity index (χ4n) is 3.38. The molecule has 0 aromatic carbocycles. The van der Waals surface area contributed by atoms with Gasteiger partial charge in [-0.3, -0.25) is 0 Å². The van der Waals surface area contributed by atoms with Gasteiger partial charge in [-0.25, -0.2) is 4.68 Å². The molecule has 0 amide bonds. The van der Waals surface area contributed by atoms with Crippen molar-refractivity contribution in [2.24, 2.45) is 0 Å². The smallest absolute Gasteiger partial charge is 0.103 e. The SMILES string of the molecule is c1coc(CCCN2CC[C@H]3OCc4cnnn4[C@@H]3C2)c1. The number of hydrogen-bond donors (Lipinski definition) is 0. The maximum Gasteiger partial charge on any atom is 0.103 e. The quantitative estimate of drug-likeness (QED) is 0.856. The monoisotopic (exact) mass is 288 g/mol. The Balaban J connectivity index is 1.35. The largest absolute Gasteiger partial charge is 0.469 e. The topological polar surface area (TPSA) is 56.3 Å². The lowest BCUT2D eigenvalue weighted by Crippen LogP contribution is -2.48. The Bertz CT molecular complexity index is 580. The van der Waals surface area contributed by atoms with Crippen molar-refractivity contribution in [2.45, 2.75) is 38.0 Å². The predicted molar refractivity (Wildman–Crippen MR) is 75.7 cm³/mol. The summed E-state index contributed by atoms with van der Waals surface area (Å²) in [5.41, 5.74) is 1.09. The molecule has 21 heavy (non-hydrogen) atoms. The number of nitrogens with zero attached hydrogens (tertiary/aromatic N) is 4. The van der Waals surface area contributed by atoms with Gasteiger partial charge in [-0.1, -0.05) is 5.21 Å². The first-order valence-electron chi connectivity index (χ1n) is 7.65. The minimum atomic E-state index is 0.292. The molecule has 6 nitrogen and oxygen atoms in total. The molecular weight excluding hydrogens is 268 g/mol. The summed E-state index contributed by atoms with van der Waals surface area (Å²) in [6.45, 7) is 3.84. The molecular formula is C15H20N4O2. The van der Waals surface area contributed by atoms with E-state index in [0.29, 0.717) is 18.8 Å². The van der Waals surface area contributed by atoms with Crippen molar-refractivity contribution in [1.82, 2.24) is 19.9 Å². The number of aromatic nitrogens is 3. The van der Waals surface area contributed by atoms with Crippen molar-refractivity contribution in [3.63, 3.8) is 0 Å². The molecule has 2 aromatic rings. The molecule has 1 saturated heterocycles. The summed E-state index contributed by atoms with van der Waals surface area (Å²) in [5.74, 6) is 1.07. The van der Waals surface area contributed by atoms with Crippen LogP contribution in [0.2, 0.25) is 0 Å². The summed E-state index contributed by atoms with van der Waals surface area (Å²) in [6.07, 6.45) is 7.04. The molecule has 4 heterocycles. The molecule has 2 aromatic heterocycles. The van der Waals surface area contributed by atoms with Crippen LogP contribution < -0.4 is 0 Å². The van der Waals surface area contributed by atoms with Crippen LogP contribution in [0.3, 0.4) is 0 Å². The van der Waals surface area contributed by atoms with Crippen LogP contribution in [0.1, 0.15) is 30.3 Å². The van der Waals surface area contributed by atoms with Crippen molar-refractivity contribution in [3.05, 3.63) is 36.0 Å². The molecule has 1 fully saturated rings. The number of likely N-dealkylation sites (tertiary alicyclic amines) is 1. The van der Waals surface area contributed by atoms with Crippen LogP contribution in [0.4, 0.5) is 0 Å². The van der Waals surface area contributed by atoms with Crippen LogP contribution in [0.15, 0.2) is 29.0 Å². The first-order chi connectivity index (χ1) is 10.4. The van der Waals surface area contributed by atoms with E-state index in [2.05, 4.69) is 19.9 Å². The first kappa shape index (κ1) is 13.0. The third kappa shape index (κ3) is 2.61. The Morgan fingerprint density at radius 3 is 3.29 bits per heavy atom. The summed E-state index contributed by atoms with van der Waals surface area (Å²) < 4.78 is 13.4. The van der Waals surface area contributed by atoms with Gasteiger partial charge in [-0.05, 0) is 31.5 Å². The van der Waals surface area contributed by atoms with Crippen LogP contribution in [-0.4, -0.2) is 45.6 Å². The third-order valence-corrected chi connectivity index (χ3v) is 4.49. The molecule has 2 aliphatic heterocycles. The van der Waals surface area contributed by atoms with Crippen molar-refractivity contribution in [3.8, 4) is 0 Å². The minimum absolute atomic E-state index is 0.292. The fourth-order valence-corrected chi connectivity index (χ4v) is 3.38. The summed E-state index contributed by atoms with van der Waals surface area (Å²) in [6, 6.07) is 4.31. The second-order valence-corrected chi connectivity index (χ2v) is 5.86. The van der Waals surface area contributed by atoms with E-state index in [0.717, 1.165) is 50.4 Å². The van der Waals surface area contributed by atoms with E-state index in [-0.39, 0.29) is 0 Å². The molecule has 112 valence electrons. The Morgan fingerprint density at radius 2 is 2.38 bits per heavy atom. The van der Waals surface area contributed by atoms with E-state index < -0.39 is 0 Å². The van der Waals surface area contributed by atoms with Gasteiger partial charge in [-0.15, -0.1) is 5.10 Å². The average molecular weight is 288 g/mol.